The predicted molar refractivity (Wildman–Crippen MR) is 64.5 cm³/mol. The first-order valence-electron chi connectivity index (χ1n) is 5.46. The number of aliphatic hydroxyl groups is 1. The van der Waals surface area contributed by atoms with Crippen LogP contribution in [0.3, 0.4) is 0 Å². The van der Waals surface area contributed by atoms with Gasteiger partial charge in [-0.25, -0.2) is 0 Å². The van der Waals surface area contributed by atoms with Crippen LogP contribution in [0.25, 0.3) is 0 Å². The van der Waals surface area contributed by atoms with Crippen LogP contribution in [0.2, 0.25) is 0 Å². The Morgan fingerprint density at radius 1 is 1.47 bits per heavy atom. The quantitative estimate of drug-likeness (QED) is 0.625. The van der Waals surface area contributed by atoms with Crippen LogP contribution in [0.15, 0.2) is 24.3 Å². The number of nitrogens with two attached hydrogens (primary N) is 1. The summed E-state index contributed by atoms with van der Waals surface area (Å²) in [5, 5.41) is 12.0. The molecular weight excluding hydrogens is 220 g/mol. The molecule has 0 aromatic heterocycles. The number of nitrogens with one attached hydrogen (secondary N) is 1. The van der Waals surface area contributed by atoms with Gasteiger partial charge in [-0.3, -0.25) is 4.79 Å². The van der Waals surface area contributed by atoms with Gasteiger partial charge in [-0.15, -0.1) is 0 Å². The van der Waals surface area contributed by atoms with Crippen molar-refractivity contribution in [1.29, 1.82) is 0 Å². The Kier molecular flexibility index (Phi) is 5.45. The van der Waals surface area contributed by atoms with Gasteiger partial charge in [0.05, 0.1) is 6.61 Å². The summed E-state index contributed by atoms with van der Waals surface area (Å²) in [6, 6.07) is 7.43. The minimum atomic E-state index is -0.493. The highest BCUT2D eigenvalue weighted by Gasteiger charge is 2.00. The van der Waals surface area contributed by atoms with Crippen molar-refractivity contribution in [1.82, 2.24) is 5.32 Å². The lowest BCUT2D eigenvalue weighted by atomic mass is 10.2. The van der Waals surface area contributed by atoms with Crippen molar-refractivity contribution < 1.29 is 14.6 Å². The molecule has 1 rings (SSSR count). The molecule has 4 N–H and O–H groups in total. The molecule has 1 atom stereocenters. The van der Waals surface area contributed by atoms with Crippen LogP contribution in [0.1, 0.15) is 12.5 Å². The van der Waals surface area contributed by atoms with Crippen LogP contribution in [0.4, 0.5) is 0 Å². The van der Waals surface area contributed by atoms with Crippen LogP contribution < -0.4 is 15.8 Å². The van der Waals surface area contributed by atoms with Gasteiger partial charge in [0.25, 0.3) is 5.91 Å². The lowest BCUT2D eigenvalue weighted by molar-refractivity contribution is -0.119. The molecule has 1 amide bonds. The van der Waals surface area contributed by atoms with Crippen LogP contribution in [0.5, 0.6) is 5.75 Å². The summed E-state index contributed by atoms with van der Waals surface area (Å²) in [4.78, 5) is 10.5. The Labute approximate surface area is 101 Å². The van der Waals surface area contributed by atoms with Gasteiger partial charge in [0.2, 0.25) is 0 Å². The van der Waals surface area contributed by atoms with Gasteiger partial charge in [0.1, 0.15) is 5.75 Å². The van der Waals surface area contributed by atoms with Gasteiger partial charge in [-0.2, -0.15) is 0 Å². The first kappa shape index (κ1) is 13.5. The summed E-state index contributed by atoms with van der Waals surface area (Å²) in [6.07, 6.45) is 0. The maximum Gasteiger partial charge on any atom is 0.255 e. The molecule has 1 aromatic carbocycles. The number of carbonyl (C=O) groups is 1. The van der Waals surface area contributed by atoms with Crippen molar-refractivity contribution in [2.45, 2.75) is 19.5 Å². The number of benzene rings is 1. The molecule has 94 valence electrons. The Morgan fingerprint density at radius 3 is 2.65 bits per heavy atom. The molecule has 5 heteroatoms. The van der Waals surface area contributed by atoms with E-state index in [4.69, 9.17) is 15.6 Å². The lowest BCUT2D eigenvalue weighted by Crippen LogP contribution is -2.28. The Morgan fingerprint density at radius 2 is 2.12 bits per heavy atom. The third kappa shape index (κ3) is 5.33. The molecule has 0 aliphatic rings. The fourth-order valence-electron chi connectivity index (χ4n) is 1.21. The maximum atomic E-state index is 10.5. The Balaban J connectivity index is 2.41. The van der Waals surface area contributed by atoms with E-state index in [1.54, 1.807) is 12.1 Å². The topological polar surface area (TPSA) is 84.6 Å². The number of rotatable bonds is 7. The number of hydrogen-bond donors (Lipinski definition) is 3. The molecule has 0 aliphatic carbocycles. The second kappa shape index (κ2) is 6.88. The van der Waals surface area contributed by atoms with Gasteiger partial charge >= 0.3 is 0 Å². The van der Waals surface area contributed by atoms with E-state index in [0.717, 1.165) is 5.56 Å². The number of carbonyl (C=O) groups excluding carboxylic acids is 1. The molecule has 0 aliphatic heterocycles. The molecule has 0 unspecified atom stereocenters. The third-order valence-corrected chi connectivity index (χ3v) is 2.23. The zero-order valence-electron chi connectivity index (χ0n) is 9.85. The highest BCUT2D eigenvalue weighted by Crippen LogP contribution is 2.11. The summed E-state index contributed by atoms with van der Waals surface area (Å²) < 4.78 is 5.13. The molecule has 1 aromatic rings. The fourth-order valence-corrected chi connectivity index (χ4v) is 1.21. The number of primary amides is 1. The highest BCUT2D eigenvalue weighted by atomic mass is 16.5. The second-order valence-electron chi connectivity index (χ2n) is 3.86. The highest BCUT2D eigenvalue weighted by molar-refractivity contribution is 5.75. The number of amides is 1. The molecule has 17 heavy (non-hydrogen) atoms. The minimum Gasteiger partial charge on any atom is -0.484 e. The molecule has 0 radical (unpaired) electrons. The predicted octanol–water partition coefficient (Wildman–Crippen LogP) is 0.0211. The van der Waals surface area contributed by atoms with Crippen LogP contribution >= 0.6 is 0 Å². The van der Waals surface area contributed by atoms with E-state index in [0.29, 0.717) is 12.3 Å². The first-order valence-corrected chi connectivity index (χ1v) is 5.46. The third-order valence-electron chi connectivity index (χ3n) is 2.23. The average molecular weight is 238 g/mol. The van der Waals surface area contributed by atoms with Crippen molar-refractivity contribution in [3.8, 4) is 5.75 Å². The minimum absolute atomic E-state index is 0.0702. The fraction of sp³-hybridized carbons (Fsp3) is 0.417. The monoisotopic (exact) mass is 238 g/mol. The summed E-state index contributed by atoms with van der Waals surface area (Å²) >= 11 is 0. The number of aliphatic hydroxyl groups excluding tert-OH is 1. The van der Waals surface area contributed by atoms with Gasteiger partial charge in [0, 0.05) is 12.6 Å². The molecule has 0 saturated heterocycles. The average Bonchev–Trinajstić information content (AvgIpc) is 2.34. The van der Waals surface area contributed by atoms with E-state index in [9.17, 15) is 4.79 Å². The number of ether oxygens (including phenoxy) is 1. The van der Waals surface area contributed by atoms with E-state index in [2.05, 4.69) is 5.32 Å². The zero-order valence-corrected chi connectivity index (χ0v) is 9.85. The molecular formula is C12H18N2O3. The lowest BCUT2D eigenvalue weighted by Gasteiger charge is -2.11. The van der Waals surface area contributed by atoms with E-state index in [1.807, 2.05) is 19.1 Å². The summed E-state index contributed by atoms with van der Waals surface area (Å²) in [5.41, 5.74) is 6.05. The van der Waals surface area contributed by atoms with Crippen molar-refractivity contribution >= 4 is 5.91 Å². The normalized spacial score (nSPS) is 12.1. The van der Waals surface area contributed by atoms with E-state index in [1.165, 1.54) is 0 Å². The van der Waals surface area contributed by atoms with Crippen LogP contribution in [0, 0.1) is 0 Å². The molecule has 0 heterocycles. The van der Waals surface area contributed by atoms with Gasteiger partial charge < -0.3 is 20.9 Å². The summed E-state index contributed by atoms with van der Waals surface area (Å²) in [7, 11) is 0. The van der Waals surface area contributed by atoms with Crippen LogP contribution in [-0.2, 0) is 11.3 Å². The van der Waals surface area contributed by atoms with Crippen LogP contribution in [-0.4, -0.2) is 30.3 Å². The number of hydrogen-bond acceptors (Lipinski definition) is 4. The largest absolute Gasteiger partial charge is 0.484 e. The standard InChI is InChI=1S/C12H18N2O3/c1-9(7-15)14-6-10-2-4-11(5-3-10)17-8-12(13)16/h2-5,9,14-15H,6-8H2,1H3,(H2,13,16)/t9-/m1/s1. The Hall–Kier alpha value is -1.59. The summed E-state index contributed by atoms with van der Waals surface area (Å²) in [6.45, 7) is 2.58. The second-order valence-corrected chi connectivity index (χ2v) is 3.86. The van der Waals surface area contributed by atoms with Gasteiger partial charge in [0.15, 0.2) is 6.61 Å². The zero-order chi connectivity index (χ0) is 12.7. The molecule has 0 spiro atoms. The van der Waals surface area contributed by atoms with Crippen molar-refractivity contribution in [3.63, 3.8) is 0 Å². The van der Waals surface area contributed by atoms with E-state index >= 15 is 0 Å². The first-order chi connectivity index (χ1) is 8.11. The van der Waals surface area contributed by atoms with Gasteiger partial charge in [-0.05, 0) is 24.6 Å². The van der Waals surface area contributed by atoms with Crippen molar-refractivity contribution in [2.75, 3.05) is 13.2 Å². The van der Waals surface area contributed by atoms with Crippen molar-refractivity contribution in [3.05, 3.63) is 29.8 Å². The van der Waals surface area contributed by atoms with E-state index in [-0.39, 0.29) is 19.3 Å². The molecule has 0 saturated carbocycles. The SMILES string of the molecule is C[C@H](CO)NCc1ccc(OCC(N)=O)cc1. The molecule has 0 bridgehead atoms. The Bertz CT molecular complexity index is 351. The van der Waals surface area contributed by atoms with Crippen molar-refractivity contribution in [2.24, 2.45) is 5.73 Å². The van der Waals surface area contributed by atoms with E-state index < -0.39 is 5.91 Å². The smallest absolute Gasteiger partial charge is 0.255 e. The van der Waals surface area contributed by atoms with Gasteiger partial charge in [-0.1, -0.05) is 12.1 Å². The molecule has 0 fully saturated rings. The molecule has 5 nitrogen and oxygen atoms in total. The maximum absolute atomic E-state index is 10.5. The summed E-state index contributed by atoms with van der Waals surface area (Å²) in [5.74, 6) is 0.121.